The number of esters is 1. The molecule has 0 aromatic carbocycles. The molecule has 23 heavy (non-hydrogen) atoms. The van der Waals surface area contributed by atoms with Crippen LogP contribution in [-0.4, -0.2) is 45.8 Å². The van der Waals surface area contributed by atoms with Crippen molar-refractivity contribution in [1.29, 1.82) is 0 Å². The number of anilines is 1. The van der Waals surface area contributed by atoms with Crippen molar-refractivity contribution in [3.8, 4) is 0 Å². The summed E-state index contributed by atoms with van der Waals surface area (Å²) in [4.78, 5) is 26.1. The highest BCUT2D eigenvalue weighted by Crippen LogP contribution is 2.22. The average Bonchev–Trinajstić information content (AvgIpc) is 2.93. The molecule has 128 valence electrons. The van der Waals surface area contributed by atoms with Gasteiger partial charge in [-0.1, -0.05) is 18.3 Å². The van der Waals surface area contributed by atoms with Gasteiger partial charge in [0.15, 0.2) is 0 Å². The zero-order valence-electron chi connectivity index (χ0n) is 14.1. The van der Waals surface area contributed by atoms with E-state index in [1.165, 1.54) is 11.3 Å². The Morgan fingerprint density at radius 3 is 2.74 bits per heavy atom. The van der Waals surface area contributed by atoms with Gasteiger partial charge in [-0.3, -0.25) is 10.1 Å². The molecule has 0 unspecified atom stereocenters. The van der Waals surface area contributed by atoms with Crippen LogP contribution in [0.5, 0.6) is 0 Å². The summed E-state index contributed by atoms with van der Waals surface area (Å²) in [5.41, 5.74) is -0.509. The van der Waals surface area contributed by atoms with Gasteiger partial charge in [-0.05, 0) is 40.0 Å². The third-order valence-electron chi connectivity index (χ3n) is 3.43. The van der Waals surface area contributed by atoms with E-state index in [4.69, 9.17) is 4.74 Å². The number of piperidine rings is 1. The summed E-state index contributed by atoms with van der Waals surface area (Å²) in [5.74, 6) is -0.506. The number of rotatable bonds is 3. The van der Waals surface area contributed by atoms with Gasteiger partial charge >= 0.3 is 12.0 Å². The smallest absolute Gasteiger partial charge is 0.323 e. The third kappa shape index (κ3) is 5.16. The van der Waals surface area contributed by atoms with Gasteiger partial charge in [0.05, 0.1) is 5.92 Å². The maximum absolute atomic E-state index is 12.3. The monoisotopic (exact) mass is 340 g/mol. The first-order valence-electron chi connectivity index (χ1n) is 7.89. The molecule has 0 saturated carbocycles. The van der Waals surface area contributed by atoms with Crippen molar-refractivity contribution in [2.45, 2.75) is 52.6 Å². The van der Waals surface area contributed by atoms with E-state index in [1.807, 2.05) is 27.7 Å². The fourth-order valence-electron chi connectivity index (χ4n) is 2.36. The Hall–Kier alpha value is -1.70. The Morgan fingerprint density at radius 2 is 2.13 bits per heavy atom. The number of urea groups is 1. The van der Waals surface area contributed by atoms with Gasteiger partial charge in [-0.15, -0.1) is 10.2 Å². The van der Waals surface area contributed by atoms with Gasteiger partial charge in [0.1, 0.15) is 10.6 Å². The Balaban J connectivity index is 1.92. The van der Waals surface area contributed by atoms with E-state index in [0.717, 1.165) is 24.3 Å². The fourth-order valence-corrected chi connectivity index (χ4v) is 3.03. The second-order valence-corrected chi connectivity index (χ2v) is 7.67. The Kier molecular flexibility index (Phi) is 5.56. The molecule has 1 atom stereocenters. The van der Waals surface area contributed by atoms with Crippen LogP contribution in [0.4, 0.5) is 9.93 Å². The van der Waals surface area contributed by atoms with Crippen molar-refractivity contribution in [3.05, 3.63) is 5.01 Å². The van der Waals surface area contributed by atoms with Gasteiger partial charge in [0.2, 0.25) is 5.13 Å². The molecule has 2 rings (SSSR count). The number of hydrogen-bond donors (Lipinski definition) is 1. The predicted octanol–water partition coefficient (Wildman–Crippen LogP) is 2.69. The van der Waals surface area contributed by atoms with Crippen molar-refractivity contribution in [2.75, 3.05) is 18.4 Å². The molecule has 1 aromatic heterocycles. The molecule has 1 saturated heterocycles. The Bertz CT molecular complexity index is 567. The van der Waals surface area contributed by atoms with Crippen LogP contribution in [0.1, 0.15) is 45.5 Å². The Labute approximate surface area is 140 Å². The number of amides is 2. The molecule has 8 heteroatoms. The van der Waals surface area contributed by atoms with Crippen LogP contribution in [0.2, 0.25) is 0 Å². The molecular weight excluding hydrogens is 316 g/mol. The second-order valence-electron chi connectivity index (χ2n) is 6.60. The number of nitrogens with one attached hydrogen (secondary N) is 1. The summed E-state index contributed by atoms with van der Waals surface area (Å²) in [5, 5.41) is 12.0. The number of nitrogens with zero attached hydrogens (tertiary/aromatic N) is 3. The van der Waals surface area contributed by atoms with E-state index >= 15 is 0 Å². The summed E-state index contributed by atoms with van der Waals surface area (Å²) >= 11 is 1.37. The van der Waals surface area contributed by atoms with Crippen molar-refractivity contribution in [3.63, 3.8) is 0 Å². The highest BCUT2D eigenvalue weighted by atomic mass is 32.1. The number of likely N-dealkylation sites (tertiary alicyclic amines) is 1. The summed E-state index contributed by atoms with van der Waals surface area (Å²) in [6.45, 7) is 8.53. The van der Waals surface area contributed by atoms with Crippen molar-refractivity contribution in [2.24, 2.45) is 5.92 Å². The molecule has 0 spiro atoms. The molecule has 0 bridgehead atoms. The van der Waals surface area contributed by atoms with Crippen LogP contribution in [-0.2, 0) is 16.0 Å². The van der Waals surface area contributed by atoms with Gasteiger partial charge in [0.25, 0.3) is 0 Å². The maximum Gasteiger partial charge on any atom is 0.323 e. The Morgan fingerprint density at radius 1 is 1.39 bits per heavy atom. The first-order valence-corrected chi connectivity index (χ1v) is 8.71. The lowest BCUT2D eigenvalue weighted by Gasteiger charge is -2.32. The lowest BCUT2D eigenvalue weighted by atomic mass is 9.98. The number of aromatic nitrogens is 2. The minimum atomic E-state index is -0.509. The quantitative estimate of drug-likeness (QED) is 0.855. The normalized spacial score (nSPS) is 18.6. The molecule has 1 N–H and O–H groups in total. The van der Waals surface area contributed by atoms with Crippen LogP contribution < -0.4 is 5.32 Å². The predicted molar refractivity (Wildman–Crippen MR) is 88.4 cm³/mol. The van der Waals surface area contributed by atoms with Gasteiger partial charge in [-0.2, -0.15) is 0 Å². The molecule has 7 nitrogen and oxygen atoms in total. The molecule has 2 heterocycles. The van der Waals surface area contributed by atoms with E-state index < -0.39 is 5.60 Å². The highest BCUT2D eigenvalue weighted by Gasteiger charge is 2.31. The lowest BCUT2D eigenvalue weighted by molar-refractivity contribution is -0.161. The summed E-state index contributed by atoms with van der Waals surface area (Å²) in [7, 11) is 0. The summed E-state index contributed by atoms with van der Waals surface area (Å²) in [6.07, 6.45) is 2.32. The SMILES string of the molecule is CCc1nnc(NC(=O)N2CCC[C@H](C(=O)OC(C)(C)C)C2)s1. The summed E-state index contributed by atoms with van der Waals surface area (Å²) < 4.78 is 5.42. The van der Waals surface area contributed by atoms with E-state index in [0.29, 0.717) is 18.2 Å². The average molecular weight is 340 g/mol. The van der Waals surface area contributed by atoms with E-state index in [9.17, 15) is 9.59 Å². The van der Waals surface area contributed by atoms with Crippen molar-refractivity contribution < 1.29 is 14.3 Å². The first-order chi connectivity index (χ1) is 10.8. The van der Waals surface area contributed by atoms with Crippen molar-refractivity contribution in [1.82, 2.24) is 15.1 Å². The topological polar surface area (TPSA) is 84.4 Å². The molecule has 1 fully saturated rings. The van der Waals surface area contributed by atoms with Gasteiger partial charge in [0, 0.05) is 13.1 Å². The minimum Gasteiger partial charge on any atom is -0.460 e. The van der Waals surface area contributed by atoms with Crippen LogP contribution in [0, 0.1) is 5.92 Å². The third-order valence-corrected chi connectivity index (χ3v) is 4.41. The molecule has 0 aliphatic carbocycles. The number of aryl methyl sites for hydroxylation is 1. The molecule has 1 aliphatic rings. The zero-order chi connectivity index (χ0) is 17.0. The molecule has 2 amide bonds. The first kappa shape index (κ1) is 17.7. The van der Waals surface area contributed by atoms with Crippen LogP contribution in [0.25, 0.3) is 0 Å². The number of carbonyl (C=O) groups is 2. The number of ether oxygens (including phenoxy) is 1. The minimum absolute atomic E-state index is 0.237. The zero-order valence-corrected chi connectivity index (χ0v) is 14.9. The largest absolute Gasteiger partial charge is 0.460 e. The van der Waals surface area contributed by atoms with Gasteiger partial charge < -0.3 is 9.64 Å². The lowest BCUT2D eigenvalue weighted by Crippen LogP contribution is -2.45. The maximum atomic E-state index is 12.3. The number of hydrogen-bond acceptors (Lipinski definition) is 6. The van der Waals surface area contributed by atoms with Crippen LogP contribution in [0.3, 0.4) is 0 Å². The number of carbonyl (C=O) groups excluding carboxylic acids is 2. The molecule has 0 radical (unpaired) electrons. The standard InChI is InChI=1S/C15H24N4O3S/c1-5-11-17-18-13(23-11)16-14(21)19-8-6-7-10(9-19)12(20)22-15(2,3)4/h10H,5-9H2,1-4H3,(H,16,18,21)/t10-/m0/s1. The van der Waals surface area contributed by atoms with E-state index in [-0.39, 0.29) is 17.9 Å². The molecule has 1 aliphatic heterocycles. The van der Waals surface area contributed by atoms with Crippen molar-refractivity contribution >= 4 is 28.5 Å². The fraction of sp³-hybridized carbons (Fsp3) is 0.733. The second kappa shape index (κ2) is 7.25. The van der Waals surface area contributed by atoms with Crippen LogP contribution >= 0.6 is 11.3 Å². The molecular formula is C15H24N4O3S. The van der Waals surface area contributed by atoms with Gasteiger partial charge in [-0.25, -0.2) is 4.79 Å². The van der Waals surface area contributed by atoms with Crippen LogP contribution in [0.15, 0.2) is 0 Å². The highest BCUT2D eigenvalue weighted by molar-refractivity contribution is 7.15. The molecule has 1 aromatic rings. The van der Waals surface area contributed by atoms with E-state index in [1.54, 1.807) is 4.90 Å². The summed E-state index contributed by atoms with van der Waals surface area (Å²) in [6, 6.07) is -0.239. The van der Waals surface area contributed by atoms with E-state index in [2.05, 4.69) is 15.5 Å².